The molecule has 1 heterocycles. The second kappa shape index (κ2) is 9.16. The van der Waals surface area contributed by atoms with Crippen LogP contribution in [0.3, 0.4) is 0 Å². The minimum absolute atomic E-state index is 0.166. The number of rotatable bonds is 7. The van der Waals surface area contributed by atoms with E-state index in [1.54, 1.807) is 23.9 Å². The van der Waals surface area contributed by atoms with Crippen molar-refractivity contribution in [3.8, 4) is 0 Å². The Labute approximate surface area is 158 Å². The van der Waals surface area contributed by atoms with E-state index in [-0.39, 0.29) is 10.6 Å². The second-order valence-corrected chi connectivity index (χ2v) is 7.64. The van der Waals surface area contributed by atoms with Gasteiger partial charge in [-0.3, -0.25) is 15.0 Å². The van der Waals surface area contributed by atoms with E-state index in [0.717, 1.165) is 61.0 Å². The average molecular weight is 372 g/mol. The third-order valence-corrected chi connectivity index (χ3v) is 5.65. The molecule has 0 bridgehead atoms. The first-order valence-corrected chi connectivity index (χ1v) is 9.75. The van der Waals surface area contributed by atoms with Crippen LogP contribution in [0, 0.1) is 17.0 Å². The first-order chi connectivity index (χ1) is 12.6. The van der Waals surface area contributed by atoms with Crippen molar-refractivity contribution in [2.75, 3.05) is 32.8 Å². The van der Waals surface area contributed by atoms with E-state index in [4.69, 9.17) is 4.74 Å². The fourth-order valence-corrected chi connectivity index (χ4v) is 3.98. The van der Waals surface area contributed by atoms with Gasteiger partial charge in [0.2, 0.25) is 0 Å². The standard InChI is InChI=1S/C20H24N2O3S/c1-16-4-7-19(8-5-16)26-20-9-6-18(22(23)24)15-17(20)3-2-10-21-11-13-25-14-12-21/h4-9,15H,2-3,10-14H2,1H3. The van der Waals surface area contributed by atoms with Crippen LogP contribution in [0.25, 0.3) is 0 Å². The molecule has 0 amide bonds. The van der Waals surface area contributed by atoms with Gasteiger partial charge in [0.05, 0.1) is 18.1 Å². The zero-order valence-electron chi connectivity index (χ0n) is 15.0. The van der Waals surface area contributed by atoms with E-state index in [1.807, 2.05) is 6.07 Å². The Morgan fingerprint density at radius 3 is 2.58 bits per heavy atom. The van der Waals surface area contributed by atoms with Crippen LogP contribution in [-0.2, 0) is 11.2 Å². The first-order valence-electron chi connectivity index (χ1n) is 8.94. The van der Waals surface area contributed by atoms with Crippen LogP contribution in [0.15, 0.2) is 52.3 Å². The van der Waals surface area contributed by atoms with Gasteiger partial charge in [0.25, 0.3) is 5.69 Å². The molecule has 2 aromatic carbocycles. The van der Waals surface area contributed by atoms with Gasteiger partial charge in [-0.25, -0.2) is 0 Å². The average Bonchev–Trinajstić information content (AvgIpc) is 2.65. The highest BCUT2D eigenvalue weighted by atomic mass is 32.2. The van der Waals surface area contributed by atoms with Gasteiger partial charge in [-0.2, -0.15) is 0 Å². The van der Waals surface area contributed by atoms with Crippen LogP contribution in [0.4, 0.5) is 5.69 Å². The van der Waals surface area contributed by atoms with Crippen molar-refractivity contribution in [3.63, 3.8) is 0 Å². The number of aryl methyl sites for hydroxylation is 2. The summed E-state index contributed by atoms with van der Waals surface area (Å²) in [5, 5.41) is 11.2. The van der Waals surface area contributed by atoms with Crippen LogP contribution in [0.1, 0.15) is 17.5 Å². The molecule has 0 spiro atoms. The molecule has 0 aliphatic carbocycles. The number of non-ortho nitro benzene ring substituents is 1. The minimum Gasteiger partial charge on any atom is -0.379 e. The van der Waals surface area contributed by atoms with Gasteiger partial charge in [0, 0.05) is 35.0 Å². The van der Waals surface area contributed by atoms with Gasteiger partial charge < -0.3 is 4.74 Å². The summed E-state index contributed by atoms with van der Waals surface area (Å²) in [7, 11) is 0. The molecule has 0 saturated carbocycles. The van der Waals surface area contributed by atoms with Crippen molar-refractivity contribution >= 4 is 17.4 Å². The molecule has 3 rings (SSSR count). The third-order valence-electron chi connectivity index (χ3n) is 4.53. The van der Waals surface area contributed by atoms with Crippen molar-refractivity contribution in [3.05, 3.63) is 63.7 Å². The maximum atomic E-state index is 11.2. The van der Waals surface area contributed by atoms with Crippen LogP contribution < -0.4 is 0 Å². The summed E-state index contributed by atoms with van der Waals surface area (Å²) < 4.78 is 5.38. The van der Waals surface area contributed by atoms with Crippen LogP contribution >= 0.6 is 11.8 Å². The fraction of sp³-hybridized carbons (Fsp3) is 0.400. The summed E-state index contributed by atoms with van der Waals surface area (Å²) >= 11 is 1.67. The van der Waals surface area contributed by atoms with Crippen molar-refractivity contribution < 1.29 is 9.66 Å². The quantitative estimate of drug-likeness (QED) is 0.535. The predicted molar refractivity (Wildman–Crippen MR) is 104 cm³/mol. The van der Waals surface area contributed by atoms with Crippen LogP contribution in [0.5, 0.6) is 0 Å². The van der Waals surface area contributed by atoms with Gasteiger partial charge in [-0.1, -0.05) is 29.5 Å². The lowest BCUT2D eigenvalue weighted by atomic mass is 10.1. The van der Waals surface area contributed by atoms with Gasteiger partial charge >= 0.3 is 0 Å². The number of morpholine rings is 1. The molecular formula is C20H24N2O3S. The highest BCUT2D eigenvalue weighted by Crippen LogP contribution is 2.33. The molecule has 1 fully saturated rings. The minimum atomic E-state index is -0.314. The molecule has 0 unspecified atom stereocenters. The van der Waals surface area contributed by atoms with Gasteiger partial charge in [-0.05, 0) is 50.1 Å². The summed E-state index contributed by atoms with van der Waals surface area (Å²) in [6.07, 6.45) is 1.83. The second-order valence-electron chi connectivity index (χ2n) is 6.52. The highest BCUT2D eigenvalue weighted by molar-refractivity contribution is 7.99. The molecular weight excluding hydrogens is 348 g/mol. The normalized spacial score (nSPS) is 15.1. The van der Waals surface area contributed by atoms with Gasteiger partial charge in [-0.15, -0.1) is 0 Å². The Balaban J connectivity index is 1.70. The number of ether oxygens (including phenoxy) is 1. The number of hydrogen-bond acceptors (Lipinski definition) is 5. The summed E-state index contributed by atoms with van der Waals surface area (Å²) in [5.74, 6) is 0. The lowest BCUT2D eigenvalue weighted by Crippen LogP contribution is -2.36. The zero-order chi connectivity index (χ0) is 18.4. The van der Waals surface area contributed by atoms with E-state index in [1.165, 1.54) is 5.56 Å². The molecule has 1 saturated heterocycles. The van der Waals surface area contributed by atoms with E-state index in [9.17, 15) is 10.1 Å². The van der Waals surface area contributed by atoms with E-state index in [2.05, 4.69) is 36.1 Å². The molecule has 0 radical (unpaired) electrons. The number of nitro groups is 1. The lowest BCUT2D eigenvalue weighted by molar-refractivity contribution is -0.385. The van der Waals surface area contributed by atoms with Gasteiger partial charge in [0.15, 0.2) is 0 Å². The zero-order valence-corrected chi connectivity index (χ0v) is 15.8. The van der Waals surface area contributed by atoms with Crippen molar-refractivity contribution in [2.24, 2.45) is 0 Å². The van der Waals surface area contributed by atoms with Crippen LogP contribution in [0.2, 0.25) is 0 Å². The molecule has 0 aromatic heterocycles. The summed E-state index contributed by atoms with van der Waals surface area (Å²) in [5.41, 5.74) is 2.45. The Morgan fingerprint density at radius 1 is 1.15 bits per heavy atom. The molecule has 2 aromatic rings. The Hall–Kier alpha value is -1.89. The smallest absolute Gasteiger partial charge is 0.269 e. The monoisotopic (exact) mass is 372 g/mol. The number of nitro benzene ring substituents is 1. The maximum absolute atomic E-state index is 11.2. The van der Waals surface area contributed by atoms with Crippen molar-refractivity contribution in [1.29, 1.82) is 0 Å². The molecule has 5 nitrogen and oxygen atoms in total. The first kappa shape index (κ1) is 18.9. The molecule has 138 valence electrons. The van der Waals surface area contributed by atoms with E-state index >= 15 is 0 Å². The van der Waals surface area contributed by atoms with Gasteiger partial charge in [0.1, 0.15) is 0 Å². The maximum Gasteiger partial charge on any atom is 0.269 e. The Morgan fingerprint density at radius 2 is 1.88 bits per heavy atom. The molecule has 26 heavy (non-hydrogen) atoms. The lowest BCUT2D eigenvalue weighted by Gasteiger charge is -2.26. The van der Waals surface area contributed by atoms with Crippen molar-refractivity contribution in [1.82, 2.24) is 4.90 Å². The third kappa shape index (κ3) is 5.30. The Kier molecular flexibility index (Phi) is 6.66. The topological polar surface area (TPSA) is 55.6 Å². The SMILES string of the molecule is Cc1ccc(Sc2ccc([N+](=O)[O-])cc2CCCN2CCOCC2)cc1. The molecule has 1 aliphatic heterocycles. The van der Waals surface area contributed by atoms with E-state index < -0.39 is 0 Å². The molecule has 0 atom stereocenters. The number of benzene rings is 2. The molecule has 1 aliphatic rings. The number of hydrogen-bond donors (Lipinski definition) is 0. The van der Waals surface area contributed by atoms with Crippen molar-refractivity contribution in [2.45, 2.75) is 29.6 Å². The summed E-state index contributed by atoms with van der Waals surface area (Å²) in [6, 6.07) is 13.6. The predicted octanol–water partition coefficient (Wildman–Crippen LogP) is 4.32. The van der Waals surface area contributed by atoms with Crippen LogP contribution in [-0.4, -0.2) is 42.7 Å². The largest absolute Gasteiger partial charge is 0.379 e. The number of nitrogens with zero attached hydrogens (tertiary/aromatic N) is 2. The molecule has 0 N–H and O–H groups in total. The Bertz CT molecular complexity index is 743. The summed E-state index contributed by atoms with van der Waals surface area (Å²) in [4.78, 5) is 15.5. The fourth-order valence-electron chi connectivity index (χ4n) is 3.03. The summed E-state index contributed by atoms with van der Waals surface area (Å²) in [6.45, 7) is 6.61. The highest BCUT2D eigenvalue weighted by Gasteiger charge is 2.14. The molecule has 6 heteroatoms. The van der Waals surface area contributed by atoms with E-state index in [0.29, 0.717) is 0 Å².